The number of anilines is 1. The van der Waals surface area contributed by atoms with Crippen molar-refractivity contribution in [1.29, 1.82) is 0 Å². The van der Waals surface area contributed by atoms with E-state index in [9.17, 15) is 4.79 Å². The predicted octanol–water partition coefficient (Wildman–Crippen LogP) is 4.01. The molecule has 1 fully saturated rings. The summed E-state index contributed by atoms with van der Waals surface area (Å²) in [5.74, 6) is -1.07. The van der Waals surface area contributed by atoms with Crippen LogP contribution in [0.4, 0.5) is 5.69 Å². The number of nitrogens with zero attached hydrogens (tertiary/aromatic N) is 1. The van der Waals surface area contributed by atoms with Crippen LogP contribution in [0.5, 0.6) is 5.75 Å². The lowest BCUT2D eigenvalue weighted by Crippen LogP contribution is -2.48. The van der Waals surface area contributed by atoms with Gasteiger partial charge in [0.1, 0.15) is 12.4 Å². The van der Waals surface area contributed by atoms with E-state index in [-0.39, 0.29) is 12.5 Å². The number of carbonyl (C=O) groups excluding carboxylic acids is 1. The summed E-state index contributed by atoms with van der Waals surface area (Å²) in [6.07, 6.45) is 0.751. The highest BCUT2D eigenvalue weighted by atomic mass is 35.5. The van der Waals surface area contributed by atoms with Gasteiger partial charge in [-0.2, -0.15) is 0 Å². The molecule has 7 heteroatoms. The second kappa shape index (κ2) is 7.08. The lowest BCUT2D eigenvalue weighted by atomic mass is 10.1. The third-order valence-electron chi connectivity index (χ3n) is 4.44. The van der Waals surface area contributed by atoms with Gasteiger partial charge in [0.2, 0.25) is 0 Å². The number of carbonyl (C=O) groups is 1. The largest absolute Gasteiger partial charge is 0.490 e. The summed E-state index contributed by atoms with van der Waals surface area (Å²) in [5, 5.41) is 1.06. The molecule has 2 aliphatic rings. The first-order chi connectivity index (χ1) is 12.6. The van der Waals surface area contributed by atoms with Crippen molar-refractivity contribution in [3.8, 4) is 5.75 Å². The van der Waals surface area contributed by atoms with E-state index >= 15 is 0 Å². The normalized spacial score (nSPS) is 18.2. The molecule has 1 saturated heterocycles. The maximum absolute atomic E-state index is 13.1. The number of amides is 1. The average molecular weight is 394 g/mol. The highest BCUT2D eigenvalue weighted by Gasteiger charge is 2.54. The molecule has 0 aliphatic carbocycles. The Balaban J connectivity index is 1.57. The average Bonchev–Trinajstić information content (AvgIpc) is 2.86. The van der Waals surface area contributed by atoms with Gasteiger partial charge in [0, 0.05) is 10.6 Å². The van der Waals surface area contributed by atoms with Gasteiger partial charge in [-0.15, -0.1) is 0 Å². The van der Waals surface area contributed by atoms with Crippen LogP contribution < -0.4 is 9.64 Å². The zero-order valence-corrected chi connectivity index (χ0v) is 15.4. The minimum absolute atomic E-state index is 0.253. The Morgan fingerprint density at radius 2 is 1.88 bits per heavy atom. The van der Waals surface area contributed by atoms with E-state index in [1.807, 2.05) is 12.1 Å². The smallest absolute Gasteiger partial charge is 0.292 e. The quantitative estimate of drug-likeness (QED) is 0.787. The number of halogens is 2. The van der Waals surface area contributed by atoms with Crippen molar-refractivity contribution < 1.29 is 19.0 Å². The Morgan fingerprint density at radius 3 is 2.65 bits per heavy atom. The Hall–Kier alpha value is -1.79. The number of hydrogen-bond acceptors (Lipinski definition) is 4. The molecule has 0 saturated carbocycles. The lowest BCUT2D eigenvalue weighted by molar-refractivity contribution is -0.256. The van der Waals surface area contributed by atoms with E-state index in [4.69, 9.17) is 37.4 Å². The van der Waals surface area contributed by atoms with Gasteiger partial charge in [0.05, 0.1) is 30.5 Å². The topological polar surface area (TPSA) is 48.0 Å². The van der Waals surface area contributed by atoms with Crippen molar-refractivity contribution in [2.24, 2.45) is 0 Å². The van der Waals surface area contributed by atoms with Gasteiger partial charge in [0.25, 0.3) is 11.7 Å². The van der Waals surface area contributed by atoms with Crippen LogP contribution in [0.3, 0.4) is 0 Å². The number of hydrogen-bond donors (Lipinski definition) is 0. The molecule has 4 rings (SSSR count). The molecule has 0 radical (unpaired) electrons. The number of rotatable bonds is 4. The molecule has 2 aliphatic heterocycles. The van der Waals surface area contributed by atoms with Crippen LogP contribution in [0.1, 0.15) is 12.0 Å². The molecule has 136 valence electrons. The van der Waals surface area contributed by atoms with Crippen molar-refractivity contribution in [1.82, 2.24) is 0 Å². The summed E-state index contributed by atoms with van der Waals surface area (Å²) in [6, 6.07) is 12.5. The van der Waals surface area contributed by atoms with Gasteiger partial charge < -0.3 is 19.1 Å². The SMILES string of the molecule is O=C1N(CCOc2ccccc2Cl)c2ccc(Cl)cc2C12OCCCO2. The molecule has 26 heavy (non-hydrogen) atoms. The fourth-order valence-corrected chi connectivity index (χ4v) is 3.61. The minimum atomic E-state index is -1.40. The van der Waals surface area contributed by atoms with E-state index in [1.54, 1.807) is 35.2 Å². The summed E-state index contributed by atoms with van der Waals surface area (Å²) < 4.78 is 17.3. The maximum atomic E-state index is 13.1. The molecule has 0 unspecified atom stereocenters. The first kappa shape index (κ1) is 17.6. The van der Waals surface area contributed by atoms with Crippen LogP contribution in [-0.4, -0.2) is 32.3 Å². The maximum Gasteiger partial charge on any atom is 0.292 e. The molecule has 0 bridgehead atoms. The van der Waals surface area contributed by atoms with Gasteiger partial charge in [-0.1, -0.05) is 35.3 Å². The first-order valence-corrected chi connectivity index (χ1v) is 9.15. The van der Waals surface area contributed by atoms with Gasteiger partial charge in [0.15, 0.2) is 0 Å². The fourth-order valence-electron chi connectivity index (χ4n) is 3.25. The van der Waals surface area contributed by atoms with Crippen molar-refractivity contribution in [3.05, 3.63) is 58.1 Å². The van der Waals surface area contributed by atoms with Crippen LogP contribution >= 0.6 is 23.2 Å². The zero-order chi connectivity index (χ0) is 18.1. The first-order valence-electron chi connectivity index (χ1n) is 8.39. The van der Waals surface area contributed by atoms with Crippen molar-refractivity contribution in [3.63, 3.8) is 0 Å². The molecule has 1 amide bonds. The highest BCUT2D eigenvalue weighted by molar-refractivity contribution is 6.32. The van der Waals surface area contributed by atoms with Crippen LogP contribution in [-0.2, 0) is 20.1 Å². The van der Waals surface area contributed by atoms with Gasteiger partial charge in [-0.3, -0.25) is 4.79 Å². The van der Waals surface area contributed by atoms with E-state index in [0.29, 0.717) is 41.1 Å². The minimum Gasteiger partial charge on any atom is -0.490 e. The van der Waals surface area contributed by atoms with Gasteiger partial charge in [-0.25, -0.2) is 0 Å². The third-order valence-corrected chi connectivity index (χ3v) is 4.99. The molecular formula is C19H17Cl2NO4. The standard InChI is InChI=1S/C19H17Cl2NO4/c20-13-6-7-16-14(12-13)19(25-9-3-10-26-19)18(23)22(16)8-11-24-17-5-2-1-4-15(17)21/h1-2,4-7,12H,3,8-11H2. The fraction of sp³-hybridized carbons (Fsp3) is 0.316. The van der Waals surface area contributed by atoms with E-state index in [2.05, 4.69) is 0 Å². The molecular weight excluding hydrogens is 377 g/mol. The number of fused-ring (bicyclic) bond motifs is 2. The van der Waals surface area contributed by atoms with Crippen molar-refractivity contribution in [2.45, 2.75) is 12.2 Å². The van der Waals surface area contributed by atoms with Crippen LogP contribution in [0.2, 0.25) is 10.0 Å². The monoisotopic (exact) mass is 393 g/mol. The number of benzene rings is 2. The van der Waals surface area contributed by atoms with Crippen LogP contribution in [0.15, 0.2) is 42.5 Å². The predicted molar refractivity (Wildman–Crippen MR) is 99.0 cm³/mol. The molecule has 2 heterocycles. The second-order valence-electron chi connectivity index (χ2n) is 6.06. The van der Waals surface area contributed by atoms with E-state index in [0.717, 1.165) is 12.1 Å². The van der Waals surface area contributed by atoms with Gasteiger partial charge in [-0.05, 0) is 36.8 Å². The van der Waals surface area contributed by atoms with Crippen LogP contribution in [0, 0.1) is 0 Å². The summed E-state index contributed by atoms with van der Waals surface area (Å²) in [6.45, 7) is 1.55. The number of ether oxygens (including phenoxy) is 3. The van der Waals surface area contributed by atoms with E-state index < -0.39 is 5.79 Å². The summed E-state index contributed by atoms with van der Waals surface area (Å²) in [4.78, 5) is 14.7. The molecule has 2 aromatic rings. The molecule has 0 aromatic heterocycles. The summed E-state index contributed by atoms with van der Waals surface area (Å²) in [5.41, 5.74) is 1.37. The summed E-state index contributed by atoms with van der Waals surface area (Å²) >= 11 is 12.2. The molecule has 0 N–H and O–H groups in total. The second-order valence-corrected chi connectivity index (χ2v) is 6.91. The highest BCUT2D eigenvalue weighted by Crippen LogP contribution is 2.46. The molecule has 0 atom stereocenters. The summed E-state index contributed by atoms with van der Waals surface area (Å²) in [7, 11) is 0. The number of para-hydroxylation sites is 1. The van der Waals surface area contributed by atoms with Gasteiger partial charge >= 0.3 is 0 Å². The van der Waals surface area contributed by atoms with Crippen molar-refractivity contribution >= 4 is 34.8 Å². The molecule has 1 spiro atoms. The molecule has 5 nitrogen and oxygen atoms in total. The van der Waals surface area contributed by atoms with E-state index in [1.165, 1.54) is 0 Å². The Morgan fingerprint density at radius 1 is 1.12 bits per heavy atom. The Kier molecular flexibility index (Phi) is 4.80. The van der Waals surface area contributed by atoms with Crippen molar-refractivity contribution in [2.75, 3.05) is 31.3 Å². The Bertz CT molecular complexity index is 836. The van der Waals surface area contributed by atoms with Crippen LogP contribution in [0.25, 0.3) is 0 Å². The zero-order valence-electron chi connectivity index (χ0n) is 13.9. The third kappa shape index (κ3) is 2.95. The Labute approximate surface area is 161 Å². The molecule has 2 aromatic carbocycles. The lowest BCUT2D eigenvalue weighted by Gasteiger charge is -2.32.